The maximum atomic E-state index is 13.1. The van der Waals surface area contributed by atoms with Crippen LogP contribution in [-0.4, -0.2) is 42.5 Å². The van der Waals surface area contributed by atoms with Gasteiger partial charge in [-0.15, -0.1) is 11.3 Å². The molecule has 1 aromatic heterocycles. The van der Waals surface area contributed by atoms with Crippen molar-refractivity contribution in [1.82, 2.24) is 9.29 Å². The summed E-state index contributed by atoms with van der Waals surface area (Å²) in [6.45, 7) is 2.23. The van der Waals surface area contributed by atoms with Gasteiger partial charge in [0, 0.05) is 17.0 Å². The molecule has 2 aromatic rings. The maximum absolute atomic E-state index is 13.1. The monoisotopic (exact) mass is 397 g/mol. The third-order valence-corrected chi connectivity index (χ3v) is 6.50. The number of benzene rings is 1. The van der Waals surface area contributed by atoms with E-state index < -0.39 is 16.1 Å². The van der Waals surface area contributed by atoms with E-state index in [1.165, 1.54) is 27.8 Å². The number of aromatic nitrogens is 1. The van der Waals surface area contributed by atoms with Gasteiger partial charge in [-0.05, 0) is 44.0 Å². The van der Waals surface area contributed by atoms with Crippen LogP contribution >= 0.6 is 11.3 Å². The molecule has 2 heterocycles. The summed E-state index contributed by atoms with van der Waals surface area (Å²) < 4.78 is 38.2. The molecule has 6 nitrogen and oxygen atoms in total. The highest BCUT2D eigenvalue weighted by molar-refractivity contribution is 7.88. The summed E-state index contributed by atoms with van der Waals surface area (Å²) >= 11 is 1.31. The van der Waals surface area contributed by atoms with E-state index in [0.717, 1.165) is 29.5 Å². The van der Waals surface area contributed by atoms with E-state index in [2.05, 4.69) is 10.3 Å². The Balaban J connectivity index is 1.79. The Labute approximate surface area is 156 Å². The lowest BCUT2D eigenvalue weighted by atomic mass is 10.0. The van der Waals surface area contributed by atoms with Crippen molar-refractivity contribution in [3.63, 3.8) is 0 Å². The number of thiazole rings is 1. The summed E-state index contributed by atoms with van der Waals surface area (Å²) in [7, 11) is -3.44. The van der Waals surface area contributed by atoms with Gasteiger partial charge in [0.15, 0.2) is 5.13 Å². The van der Waals surface area contributed by atoms with Gasteiger partial charge in [0.1, 0.15) is 11.9 Å². The normalized spacial score (nSPS) is 18.7. The number of amides is 1. The van der Waals surface area contributed by atoms with Crippen LogP contribution in [0.5, 0.6) is 0 Å². The second-order valence-electron chi connectivity index (χ2n) is 6.31. The lowest BCUT2D eigenvalue weighted by molar-refractivity contribution is -0.120. The van der Waals surface area contributed by atoms with E-state index in [1.807, 2.05) is 6.92 Å². The molecule has 1 atom stereocenters. The van der Waals surface area contributed by atoms with Crippen LogP contribution in [0.2, 0.25) is 0 Å². The van der Waals surface area contributed by atoms with E-state index in [4.69, 9.17) is 0 Å². The predicted molar refractivity (Wildman–Crippen MR) is 100 cm³/mol. The van der Waals surface area contributed by atoms with Crippen LogP contribution in [0.15, 0.2) is 24.3 Å². The molecule has 140 valence electrons. The van der Waals surface area contributed by atoms with Gasteiger partial charge in [-0.3, -0.25) is 4.79 Å². The van der Waals surface area contributed by atoms with E-state index in [9.17, 15) is 17.6 Å². The highest BCUT2D eigenvalue weighted by Gasteiger charge is 2.34. The Morgan fingerprint density at radius 3 is 2.65 bits per heavy atom. The summed E-state index contributed by atoms with van der Waals surface area (Å²) in [6.07, 6.45) is 3.18. The summed E-state index contributed by atoms with van der Waals surface area (Å²) in [5, 5.41) is 3.15. The van der Waals surface area contributed by atoms with Crippen LogP contribution in [0.25, 0.3) is 11.3 Å². The van der Waals surface area contributed by atoms with E-state index in [-0.39, 0.29) is 11.7 Å². The van der Waals surface area contributed by atoms with Crippen LogP contribution in [-0.2, 0) is 14.8 Å². The highest BCUT2D eigenvalue weighted by Crippen LogP contribution is 2.31. The molecule has 1 aliphatic heterocycles. The van der Waals surface area contributed by atoms with Gasteiger partial charge in [0.25, 0.3) is 0 Å². The number of halogens is 1. The van der Waals surface area contributed by atoms with Gasteiger partial charge in [0.2, 0.25) is 15.9 Å². The van der Waals surface area contributed by atoms with Crippen molar-refractivity contribution in [1.29, 1.82) is 0 Å². The molecule has 1 unspecified atom stereocenters. The standard InChI is InChI=1S/C17H20FN3O3S2/c1-11-15(12-6-8-13(18)9-7-12)19-17(25-11)20-16(22)14-5-3-4-10-21(14)26(2,23)24/h6-9,14H,3-5,10H2,1-2H3,(H,19,20,22). The van der Waals surface area contributed by atoms with Crippen LogP contribution in [0.4, 0.5) is 9.52 Å². The molecule has 3 rings (SSSR count). The highest BCUT2D eigenvalue weighted by atomic mass is 32.2. The number of hydrogen-bond donors (Lipinski definition) is 1. The molecule has 1 amide bonds. The van der Waals surface area contributed by atoms with Crippen molar-refractivity contribution >= 4 is 32.4 Å². The number of nitrogens with one attached hydrogen (secondary N) is 1. The van der Waals surface area contributed by atoms with Gasteiger partial charge in [-0.25, -0.2) is 17.8 Å². The Kier molecular flexibility index (Phi) is 5.40. The lowest BCUT2D eigenvalue weighted by Crippen LogP contribution is -2.49. The largest absolute Gasteiger partial charge is 0.301 e. The van der Waals surface area contributed by atoms with Crippen molar-refractivity contribution in [2.45, 2.75) is 32.2 Å². The van der Waals surface area contributed by atoms with Crippen LogP contribution in [0, 0.1) is 12.7 Å². The molecule has 1 aromatic carbocycles. The van der Waals surface area contributed by atoms with E-state index in [0.29, 0.717) is 23.8 Å². The predicted octanol–water partition coefficient (Wildman–Crippen LogP) is 3.01. The van der Waals surface area contributed by atoms with Crippen molar-refractivity contribution in [3.8, 4) is 11.3 Å². The molecule has 0 radical (unpaired) electrons. The Hall–Kier alpha value is -1.84. The van der Waals surface area contributed by atoms with Gasteiger partial charge in [-0.1, -0.05) is 6.42 Å². The third kappa shape index (κ3) is 4.11. The molecule has 0 bridgehead atoms. The topological polar surface area (TPSA) is 79.4 Å². The van der Waals surface area contributed by atoms with Crippen LogP contribution in [0.1, 0.15) is 24.1 Å². The third-order valence-electron chi connectivity index (χ3n) is 4.33. The van der Waals surface area contributed by atoms with Gasteiger partial charge in [0.05, 0.1) is 11.9 Å². The molecular formula is C17H20FN3O3S2. The molecule has 26 heavy (non-hydrogen) atoms. The fraction of sp³-hybridized carbons (Fsp3) is 0.412. The summed E-state index contributed by atoms with van der Waals surface area (Å²) in [5.74, 6) is -0.692. The molecule has 0 saturated carbocycles. The minimum atomic E-state index is -3.44. The maximum Gasteiger partial charge on any atom is 0.244 e. The number of piperidine rings is 1. The van der Waals surface area contributed by atoms with Crippen molar-refractivity contribution in [2.24, 2.45) is 0 Å². The minimum absolute atomic E-state index is 0.326. The Bertz CT molecular complexity index is 910. The molecule has 0 aliphatic carbocycles. The first-order chi connectivity index (χ1) is 12.3. The minimum Gasteiger partial charge on any atom is -0.301 e. The van der Waals surface area contributed by atoms with Gasteiger partial charge >= 0.3 is 0 Å². The molecule has 0 spiro atoms. The number of hydrogen-bond acceptors (Lipinski definition) is 5. The number of carbonyl (C=O) groups is 1. The molecule has 1 N–H and O–H groups in total. The summed E-state index contributed by atoms with van der Waals surface area (Å²) in [4.78, 5) is 17.9. The molecular weight excluding hydrogens is 377 g/mol. The second kappa shape index (κ2) is 7.42. The molecule has 1 aliphatic rings. The Morgan fingerprint density at radius 2 is 2.00 bits per heavy atom. The van der Waals surface area contributed by atoms with E-state index >= 15 is 0 Å². The fourth-order valence-corrected chi connectivity index (χ4v) is 5.04. The zero-order chi connectivity index (χ0) is 18.9. The first-order valence-corrected chi connectivity index (χ1v) is 10.9. The number of anilines is 1. The SMILES string of the molecule is Cc1sc(NC(=O)C2CCCCN2S(C)(=O)=O)nc1-c1ccc(F)cc1. The van der Waals surface area contributed by atoms with Crippen molar-refractivity contribution in [2.75, 3.05) is 18.1 Å². The average molecular weight is 397 g/mol. The van der Waals surface area contributed by atoms with Crippen LogP contribution in [0.3, 0.4) is 0 Å². The molecule has 9 heteroatoms. The lowest BCUT2D eigenvalue weighted by Gasteiger charge is -2.32. The number of carbonyl (C=O) groups excluding carboxylic acids is 1. The molecule has 1 fully saturated rings. The fourth-order valence-electron chi connectivity index (χ4n) is 3.08. The average Bonchev–Trinajstić information content (AvgIpc) is 2.95. The van der Waals surface area contributed by atoms with Crippen molar-refractivity contribution < 1.29 is 17.6 Å². The molecule has 1 saturated heterocycles. The Morgan fingerprint density at radius 1 is 1.31 bits per heavy atom. The zero-order valence-corrected chi connectivity index (χ0v) is 16.2. The first-order valence-electron chi connectivity index (χ1n) is 8.27. The number of nitrogens with zero attached hydrogens (tertiary/aromatic N) is 2. The number of aryl methyl sites for hydroxylation is 1. The van der Waals surface area contributed by atoms with Crippen molar-refractivity contribution in [3.05, 3.63) is 35.0 Å². The summed E-state index contributed by atoms with van der Waals surface area (Å²) in [6, 6.07) is 5.28. The van der Waals surface area contributed by atoms with E-state index in [1.54, 1.807) is 12.1 Å². The van der Waals surface area contributed by atoms with Gasteiger partial charge < -0.3 is 5.32 Å². The smallest absolute Gasteiger partial charge is 0.244 e. The number of sulfonamides is 1. The number of rotatable bonds is 4. The second-order valence-corrected chi connectivity index (χ2v) is 9.44. The quantitative estimate of drug-likeness (QED) is 0.860. The first kappa shape index (κ1) is 18.9. The zero-order valence-electron chi connectivity index (χ0n) is 14.5. The summed E-state index contributed by atoms with van der Waals surface area (Å²) in [5.41, 5.74) is 1.44. The van der Waals surface area contributed by atoms with Crippen LogP contribution < -0.4 is 5.32 Å². The van der Waals surface area contributed by atoms with Gasteiger partial charge in [-0.2, -0.15) is 4.31 Å².